The van der Waals surface area contributed by atoms with Gasteiger partial charge in [0.1, 0.15) is 5.41 Å². The van der Waals surface area contributed by atoms with Crippen LogP contribution in [0.2, 0.25) is 0 Å². The Labute approximate surface area is 107 Å². The van der Waals surface area contributed by atoms with Crippen molar-refractivity contribution in [2.75, 3.05) is 38.8 Å². The Balaban J connectivity index is 2.08. The van der Waals surface area contributed by atoms with E-state index in [0.717, 1.165) is 5.69 Å². The van der Waals surface area contributed by atoms with Crippen molar-refractivity contribution in [3.05, 3.63) is 29.8 Å². The largest absolute Gasteiger partial charge is 0.468 e. The Kier molecular flexibility index (Phi) is 3.57. The summed E-state index contributed by atoms with van der Waals surface area (Å²) in [4.78, 5) is 13.9. The molecule has 2 rings (SSSR count). The first kappa shape index (κ1) is 12.9. The lowest BCUT2D eigenvalue weighted by Crippen LogP contribution is -2.56. The number of anilines is 1. The van der Waals surface area contributed by atoms with E-state index in [1.54, 1.807) is 0 Å². The van der Waals surface area contributed by atoms with Gasteiger partial charge in [0.05, 0.1) is 20.3 Å². The highest BCUT2D eigenvalue weighted by molar-refractivity contribution is 5.79. The molecule has 0 bridgehead atoms. The minimum atomic E-state index is -0.506. The molecule has 0 atom stereocenters. The van der Waals surface area contributed by atoms with Gasteiger partial charge in [0.15, 0.2) is 0 Å². The molecule has 1 aliphatic rings. The lowest BCUT2D eigenvalue weighted by Gasteiger charge is -2.41. The smallest absolute Gasteiger partial charge is 0.318 e. The summed E-state index contributed by atoms with van der Waals surface area (Å²) < 4.78 is 10.1. The molecule has 98 valence electrons. The van der Waals surface area contributed by atoms with Gasteiger partial charge in [-0.2, -0.15) is 0 Å². The highest BCUT2D eigenvalue weighted by Crippen LogP contribution is 2.31. The molecule has 0 radical (unpaired) electrons. The number of methoxy groups -OCH3 is 1. The Morgan fingerprint density at radius 3 is 2.44 bits per heavy atom. The minimum Gasteiger partial charge on any atom is -0.468 e. The summed E-state index contributed by atoms with van der Waals surface area (Å²) in [6.07, 6.45) is 0. The fraction of sp³-hybridized carbons (Fsp3) is 0.500. The van der Waals surface area contributed by atoms with E-state index in [1.807, 2.05) is 7.05 Å². The molecule has 1 heterocycles. The van der Waals surface area contributed by atoms with Gasteiger partial charge in [-0.1, -0.05) is 17.7 Å². The van der Waals surface area contributed by atoms with E-state index in [2.05, 4.69) is 36.1 Å². The summed E-state index contributed by atoms with van der Waals surface area (Å²) in [5.41, 5.74) is 1.81. The van der Waals surface area contributed by atoms with E-state index < -0.39 is 5.41 Å². The monoisotopic (exact) mass is 249 g/mol. The van der Waals surface area contributed by atoms with E-state index in [4.69, 9.17) is 9.47 Å². The van der Waals surface area contributed by atoms with E-state index in [1.165, 1.54) is 12.7 Å². The highest BCUT2D eigenvalue weighted by atomic mass is 16.5. The number of hydrogen-bond donors (Lipinski definition) is 0. The third-order valence-corrected chi connectivity index (χ3v) is 3.39. The van der Waals surface area contributed by atoms with Gasteiger partial charge in [-0.3, -0.25) is 4.79 Å². The van der Waals surface area contributed by atoms with Crippen LogP contribution in [0.15, 0.2) is 24.3 Å². The van der Waals surface area contributed by atoms with Crippen LogP contribution in [0.25, 0.3) is 0 Å². The second-order valence-corrected chi connectivity index (χ2v) is 4.96. The van der Waals surface area contributed by atoms with E-state index >= 15 is 0 Å². The zero-order valence-corrected chi connectivity index (χ0v) is 11.1. The molecule has 4 nitrogen and oxygen atoms in total. The maximum absolute atomic E-state index is 11.8. The molecule has 0 saturated carbocycles. The van der Waals surface area contributed by atoms with Gasteiger partial charge in [-0.25, -0.2) is 0 Å². The topological polar surface area (TPSA) is 38.8 Å². The summed E-state index contributed by atoms with van der Waals surface area (Å²) in [7, 11) is 3.40. The lowest BCUT2D eigenvalue weighted by molar-refractivity contribution is -0.180. The lowest BCUT2D eigenvalue weighted by atomic mass is 9.85. The summed E-state index contributed by atoms with van der Waals surface area (Å²) in [5.74, 6) is -0.187. The summed E-state index contributed by atoms with van der Waals surface area (Å²) in [6, 6.07) is 8.24. The molecular formula is C14H19NO3. The standard InChI is InChI=1S/C14H19NO3/c1-11-4-6-12(7-5-11)15(2)8-14(9-18-10-14)13(16)17-3/h4-7H,8-10H2,1-3H3. The van der Waals surface area contributed by atoms with Crippen LogP contribution in [0, 0.1) is 12.3 Å². The van der Waals surface area contributed by atoms with Crippen molar-refractivity contribution in [2.45, 2.75) is 6.92 Å². The third-order valence-electron chi connectivity index (χ3n) is 3.39. The molecule has 0 unspecified atom stereocenters. The molecule has 18 heavy (non-hydrogen) atoms. The van der Waals surface area contributed by atoms with Crippen molar-refractivity contribution in [2.24, 2.45) is 5.41 Å². The predicted molar refractivity (Wildman–Crippen MR) is 69.7 cm³/mol. The van der Waals surface area contributed by atoms with Crippen LogP contribution in [0.1, 0.15) is 5.56 Å². The Bertz CT molecular complexity index is 423. The Morgan fingerprint density at radius 2 is 2.00 bits per heavy atom. The molecule has 1 fully saturated rings. The highest BCUT2D eigenvalue weighted by Gasteiger charge is 2.48. The number of benzene rings is 1. The van der Waals surface area contributed by atoms with Crippen LogP contribution in [-0.2, 0) is 14.3 Å². The molecule has 1 aliphatic heterocycles. The molecule has 4 heteroatoms. The second kappa shape index (κ2) is 4.98. The second-order valence-electron chi connectivity index (χ2n) is 4.96. The van der Waals surface area contributed by atoms with Crippen LogP contribution in [0.5, 0.6) is 0 Å². The molecular weight excluding hydrogens is 230 g/mol. The number of rotatable bonds is 4. The normalized spacial score (nSPS) is 16.8. The first-order valence-electron chi connectivity index (χ1n) is 6.01. The zero-order valence-electron chi connectivity index (χ0n) is 11.1. The quantitative estimate of drug-likeness (QED) is 0.760. The number of carbonyl (C=O) groups excluding carboxylic acids is 1. The molecule has 1 aromatic carbocycles. The first-order valence-corrected chi connectivity index (χ1v) is 6.01. The Morgan fingerprint density at radius 1 is 1.39 bits per heavy atom. The Hall–Kier alpha value is -1.55. The summed E-state index contributed by atoms with van der Waals surface area (Å²) >= 11 is 0. The number of hydrogen-bond acceptors (Lipinski definition) is 4. The van der Waals surface area contributed by atoms with Crippen LogP contribution in [-0.4, -0.2) is 39.9 Å². The summed E-state index contributed by atoms with van der Waals surface area (Å²) in [5, 5.41) is 0. The predicted octanol–water partition coefficient (Wildman–Crippen LogP) is 1.62. The van der Waals surface area contributed by atoms with E-state index in [-0.39, 0.29) is 5.97 Å². The maximum Gasteiger partial charge on any atom is 0.318 e. The van der Waals surface area contributed by atoms with Crippen molar-refractivity contribution in [1.29, 1.82) is 0 Å². The van der Waals surface area contributed by atoms with Gasteiger partial charge < -0.3 is 14.4 Å². The molecule has 1 saturated heterocycles. The number of esters is 1. The van der Waals surface area contributed by atoms with Crippen molar-refractivity contribution in [1.82, 2.24) is 0 Å². The number of ether oxygens (including phenoxy) is 2. The van der Waals surface area contributed by atoms with Crippen molar-refractivity contribution >= 4 is 11.7 Å². The van der Waals surface area contributed by atoms with Crippen molar-refractivity contribution in [3.8, 4) is 0 Å². The maximum atomic E-state index is 11.8. The third kappa shape index (κ3) is 2.34. The average Bonchev–Trinajstić information content (AvgIpc) is 2.33. The fourth-order valence-corrected chi connectivity index (χ4v) is 2.18. The molecule has 0 amide bonds. The van der Waals surface area contributed by atoms with Crippen LogP contribution < -0.4 is 4.90 Å². The van der Waals surface area contributed by atoms with Gasteiger partial charge in [0.25, 0.3) is 0 Å². The zero-order chi connectivity index (χ0) is 13.2. The van der Waals surface area contributed by atoms with E-state index in [0.29, 0.717) is 19.8 Å². The first-order chi connectivity index (χ1) is 8.57. The van der Waals surface area contributed by atoms with E-state index in [9.17, 15) is 4.79 Å². The van der Waals surface area contributed by atoms with Crippen LogP contribution in [0.4, 0.5) is 5.69 Å². The summed E-state index contributed by atoms with van der Waals surface area (Å²) in [6.45, 7) is 3.55. The van der Waals surface area contributed by atoms with Crippen molar-refractivity contribution < 1.29 is 14.3 Å². The fourth-order valence-electron chi connectivity index (χ4n) is 2.18. The molecule has 0 spiro atoms. The molecule has 0 aromatic heterocycles. The SMILES string of the molecule is COC(=O)C1(CN(C)c2ccc(C)cc2)COC1. The molecule has 1 aromatic rings. The molecule has 0 aliphatic carbocycles. The number of aryl methyl sites for hydroxylation is 1. The van der Waals surface area contributed by atoms with Crippen LogP contribution >= 0.6 is 0 Å². The average molecular weight is 249 g/mol. The van der Waals surface area contributed by atoms with Gasteiger partial charge in [0.2, 0.25) is 0 Å². The van der Waals surface area contributed by atoms with Gasteiger partial charge in [0, 0.05) is 19.3 Å². The van der Waals surface area contributed by atoms with Gasteiger partial charge in [-0.05, 0) is 19.1 Å². The van der Waals surface area contributed by atoms with Gasteiger partial charge in [-0.15, -0.1) is 0 Å². The number of carbonyl (C=O) groups is 1. The number of nitrogens with zero attached hydrogens (tertiary/aromatic N) is 1. The van der Waals surface area contributed by atoms with Crippen molar-refractivity contribution in [3.63, 3.8) is 0 Å². The van der Waals surface area contributed by atoms with Crippen LogP contribution in [0.3, 0.4) is 0 Å². The molecule has 0 N–H and O–H groups in total. The minimum absolute atomic E-state index is 0.187. The van der Waals surface area contributed by atoms with Gasteiger partial charge >= 0.3 is 5.97 Å².